The lowest BCUT2D eigenvalue weighted by Gasteiger charge is -2.44. The predicted octanol–water partition coefficient (Wildman–Crippen LogP) is 2.60. The summed E-state index contributed by atoms with van der Waals surface area (Å²) in [5.41, 5.74) is 9.12. The zero-order chi connectivity index (χ0) is 15.5. The van der Waals surface area contributed by atoms with Crippen LogP contribution in [0, 0.1) is 0 Å². The number of hydrogen-bond acceptors (Lipinski definition) is 3. The van der Waals surface area contributed by atoms with Crippen LogP contribution in [0.3, 0.4) is 0 Å². The molecule has 1 aromatic heterocycles. The van der Waals surface area contributed by atoms with Gasteiger partial charge in [-0.2, -0.15) is 5.10 Å². The molecule has 1 unspecified atom stereocenters. The van der Waals surface area contributed by atoms with Crippen molar-refractivity contribution >= 4 is 0 Å². The highest BCUT2D eigenvalue weighted by Gasteiger charge is 2.34. The Labute approximate surface area is 129 Å². The van der Waals surface area contributed by atoms with Crippen LogP contribution in [-0.4, -0.2) is 39.4 Å². The predicted molar refractivity (Wildman–Crippen MR) is 88.5 cm³/mol. The molecular weight excluding hydrogens is 260 g/mol. The Morgan fingerprint density at radius 3 is 2.48 bits per heavy atom. The van der Waals surface area contributed by atoms with Gasteiger partial charge in [-0.15, -0.1) is 0 Å². The zero-order valence-electron chi connectivity index (χ0n) is 14.2. The summed E-state index contributed by atoms with van der Waals surface area (Å²) in [6, 6.07) is 2.37. The summed E-state index contributed by atoms with van der Waals surface area (Å²) in [5, 5.41) is 4.64. The summed E-state index contributed by atoms with van der Waals surface area (Å²) >= 11 is 0. The minimum Gasteiger partial charge on any atom is -0.326 e. The van der Waals surface area contributed by atoms with Crippen molar-refractivity contribution in [2.45, 2.75) is 77.9 Å². The van der Waals surface area contributed by atoms with Crippen molar-refractivity contribution in [3.05, 3.63) is 17.5 Å². The fraction of sp³-hybridized carbons (Fsp3) is 0.824. The topological polar surface area (TPSA) is 47.1 Å². The molecule has 4 heteroatoms. The van der Waals surface area contributed by atoms with Gasteiger partial charge in [0.1, 0.15) is 0 Å². The van der Waals surface area contributed by atoms with Crippen molar-refractivity contribution in [1.82, 2.24) is 14.7 Å². The second-order valence-corrected chi connectivity index (χ2v) is 6.81. The molecule has 1 aliphatic rings. The van der Waals surface area contributed by atoms with E-state index in [1.54, 1.807) is 0 Å². The molecule has 1 aliphatic heterocycles. The van der Waals surface area contributed by atoms with Gasteiger partial charge in [0.15, 0.2) is 0 Å². The van der Waals surface area contributed by atoms with Crippen LogP contribution in [0.2, 0.25) is 0 Å². The third-order valence-corrected chi connectivity index (χ3v) is 5.08. The summed E-state index contributed by atoms with van der Waals surface area (Å²) < 4.78 is 2.12. The molecule has 1 atom stereocenters. The number of piperidine rings is 1. The first kappa shape index (κ1) is 16.5. The summed E-state index contributed by atoms with van der Waals surface area (Å²) in [6.45, 7) is 12.2. The second-order valence-electron chi connectivity index (χ2n) is 6.81. The Bertz CT molecular complexity index is 444. The Kier molecular flexibility index (Phi) is 5.44. The van der Waals surface area contributed by atoms with Gasteiger partial charge in [-0.3, -0.25) is 9.58 Å². The maximum absolute atomic E-state index is 6.61. The number of hydrogen-bond donors (Lipinski definition) is 1. The smallest absolute Gasteiger partial charge is 0.0624 e. The molecule has 2 rings (SSSR count). The van der Waals surface area contributed by atoms with E-state index in [1.165, 1.54) is 43.7 Å². The maximum atomic E-state index is 6.61. The third kappa shape index (κ3) is 3.67. The zero-order valence-corrected chi connectivity index (χ0v) is 14.2. The molecule has 0 bridgehead atoms. The molecular formula is C17H32N4. The Hall–Kier alpha value is -0.870. The van der Waals surface area contributed by atoms with Crippen LogP contribution in [0.15, 0.2) is 6.07 Å². The van der Waals surface area contributed by atoms with Gasteiger partial charge in [-0.05, 0) is 59.2 Å². The number of rotatable bonds is 6. The van der Waals surface area contributed by atoms with Crippen molar-refractivity contribution in [3.63, 3.8) is 0 Å². The lowest BCUT2D eigenvalue weighted by molar-refractivity contribution is 0.0725. The Morgan fingerprint density at radius 1 is 1.24 bits per heavy atom. The van der Waals surface area contributed by atoms with Crippen molar-refractivity contribution in [2.24, 2.45) is 5.73 Å². The first-order valence-corrected chi connectivity index (χ1v) is 8.55. The first-order chi connectivity index (χ1) is 9.98. The summed E-state index contributed by atoms with van der Waals surface area (Å²) in [4.78, 5) is 2.58. The van der Waals surface area contributed by atoms with Gasteiger partial charge in [-0.25, -0.2) is 0 Å². The second kappa shape index (κ2) is 6.93. The molecule has 0 aromatic carbocycles. The standard InChI is InChI=1S/C17H32N4/c1-5-14-12-15(21(6-2)19-14)13-16(18)17(3,4)20-10-8-7-9-11-20/h12,16H,5-11,13,18H2,1-4H3. The van der Waals surface area contributed by atoms with E-state index in [0.717, 1.165) is 19.4 Å². The molecule has 1 aromatic rings. The fourth-order valence-electron chi connectivity index (χ4n) is 3.31. The highest BCUT2D eigenvalue weighted by atomic mass is 15.3. The molecule has 0 amide bonds. The van der Waals surface area contributed by atoms with Crippen LogP contribution in [0.5, 0.6) is 0 Å². The highest BCUT2D eigenvalue weighted by Crippen LogP contribution is 2.25. The van der Waals surface area contributed by atoms with Gasteiger partial charge in [0.25, 0.3) is 0 Å². The molecule has 0 aliphatic carbocycles. The molecule has 1 saturated heterocycles. The Morgan fingerprint density at radius 2 is 1.90 bits per heavy atom. The molecule has 0 saturated carbocycles. The van der Waals surface area contributed by atoms with Gasteiger partial charge in [-0.1, -0.05) is 13.3 Å². The van der Waals surface area contributed by atoms with E-state index in [4.69, 9.17) is 5.73 Å². The van der Waals surface area contributed by atoms with Crippen LogP contribution < -0.4 is 5.73 Å². The van der Waals surface area contributed by atoms with Crippen LogP contribution in [0.4, 0.5) is 0 Å². The lowest BCUT2D eigenvalue weighted by Crippen LogP contribution is -2.58. The SMILES string of the molecule is CCc1cc(CC(N)C(C)(C)N2CCCCC2)n(CC)n1. The largest absolute Gasteiger partial charge is 0.326 e. The molecule has 0 radical (unpaired) electrons. The molecule has 0 spiro atoms. The van der Waals surface area contributed by atoms with Crippen LogP contribution in [0.25, 0.3) is 0 Å². The van der Waals surface area contributed by atoms with Gasteiger partial charge in [0.05, 0.1) is 5.69 Å². The molecule has 21 heavy (non-hydrogen) atoms. The van der Waals surface area contributed by atoms with Gasteiger partial charge in [0.2, 0.25) is 0 Å². The van der Waals surface area contributed by atoms with Crippen molar-refractivity contribution in [1.29, 1.82) is 0 Å². The molecule has 1 fully saturated rings. The van der Waals surface area contributed by atoms with Crippen LogP contribution in [0.1, 0.15) is 58.3 Å². The molecule has 120 valence electrons. The lowest BCUT2D eigenvalue weighted by atomic mass is 9.88. The average molecular weight is 292 g/mol. The van der Waals surface area contributed by atoms with Gasteiger partial charge >= 0.3 is 0 Å². The van der Waals surface area contributed by atoms with E-state index in [9.17, 15) is 0 Å². The normalized spacial score (nSPS) is 18.9. The fourth-order valence-corrected chi connectivity index (χ4v) is 3.31. The maximum Gasteiger partial charge on any atom is 0.0624 e. The van der Waals surface area contributed by atoms with E-state index >= 15 is 0 Å². The summed E-state index contributed by atoms with van der Waals surface area (Å²) in [6.07, 6.45) is 5.88. The number of aromatic nitrogens is 2. The van der Waals surface area contributed by atoms with E-state index in [0.29, 0.717) is 0 Å². The first-order valence-electron chi connectivity index (χ1n) is 8.55. The molecule has 2 heterocycles. The van der Waals surface area contributed by atoms with E-state index < -0.39 is 0 Å². The Balaban J connectivity index is 2.08. The minimum atomic E-state index is 0.0512. The summed E-state index contributed by atoms with van der Waals surface area (Å²) in [5.74, 6) is 0. The minimum absolute atomic E-state index is 0.0512. The number of aryl methyl sites for hydroxylation is 2. The summed E-state index contributed by atoms with van der Waals surface area (Å²) in [7, 11) is 0. The van der Waals surface area contributed by atoms with Crippen molar-refractivity contribution in [3.8, 4) is 0 Å². The highest BCUT2D eigenvalue weighted by molar-refractivity contribution is 5.13. The van der Waals surface area contributed by atoms with Crippen LogP contribution in [-0.2, 0) is 19.4 Å². The van der Waals surface area contributed by atoms with Crippen LogP contribution >= 0.6 is 0 Å². The molecule has 2 N–H and O–H groups in total. The van der Waals surface area contributed by atoms with Crippen molar-refractivity contribution < 1.29 is 0 Å². The van der Waals surface area contributed by atoms with Gasteiger partial charge < -0.3 is 5.73 Å². The van der Waals surface area contributed by atoms with Crippen molar-refractivity contribution in [2.75, 3.05) is 13.1 Å². The number of nitrogens with two attached hydrogens (primary N) is 1. The monoisotopic (exact) mass is 292 g/mol. The third-order valence-electron chi connectivity index (χ3n) is 5.08. The van der Waals surface area contributed by atoms with E-state index in [-0.39, 0.29) is 11.6 Å². The van der Waals surface area contributed by atoms with E-state index in [2.05, 4.69) is 48.4 Å². The number of likely N-dealkylation sites (tertiary alicyclic amines) is 1. The number of nitrogens with zero attached hydrogens (tertiary/aromatic N) is 3. The molecule has 4 nitrogen and oxygen atoms in total. The van der Waals surface area contributed by atoms with E-state index in [1.807, 2.05) is 0 Å². The quantitative estimate of drug-likeness (QED) is 0.876. The van der Waals surface area contributed by atoms with Gasteiger partial charge in [0, 0.05) is 30.2 Å². The average Bonchev–Trinajstić information content (AvgIpc) is 2.90.